The summed E-state index contributed by atoms with van der Waals surface area (Å²) in [4.78, 5) is 2.79. The average molecular weight is 268 g/mol. The summed E-state index contributed by atoms with van der Waals surface area (Å²) in [7, 11) is 0. The third-order valence-electron chi connectivity index (χ3n) is 4.43. The molecule has 0 bridgehead atoms. The van der Waals surface area contributed by atoms with Gasteiger partial charge in [-0.1, -0.05) is 33.6 Å². The van der Waals surface area contributed by atoms with Crippen molar-refractivity contribution in [2.45, 2.75) is 84.7 Å². The van der Waals surface area contributed by atoms with E-state index in [9.17, 15) is 0 Å². The SMILES string of the molecule is CCCNC(C)CCN(CCC(C)C)C1CCCC1. The highest BCUT2D eigenvalue weighted by atomic mass is 15.2. The molecular weight excluding hydrogens is 232 g/mol. The van der Waals surface area contributed by atoms with Gasteiger partial charge in [0.05, 0.1) is 0 Å². The lowest BCUT2D eigenvalue weighted by molar-refractivity contribution is 0.180. The van der Waals surface area contributed by atoms with E-state index in [1.165, 1.54) is 58.0 Å². The Labute approximate surface area is 121 Å². The lowest BCUT2D eigenvalue weighted by atomic mass is 10.1. The maximum atomic E-state index is 3.62. The Kier molecular flexibility index (Phi) is 8.72. The van der Waals surface area contributed by atoms with Gasteiger partial charge >= 0.3 is 0 Å². The molecule has 1 unspecified atom stereocenters. The van der Waals surface area contributed by atoms with Crippen LogP contribution in [0, 0.1) is 5.92 Å². The molecule has 0 aliphatic heterocycles. The van der Waals surface area contributed by atoms with E-state index >= 15 is 0 Å². The molecule has 2 heteroatoms. The van der Waals surface area contributed by atoms with Gasteiger partial charge in [0.15, 0.2) is 0 Å². The zero-order chi connectivity index (χ0) is 14.1. The summed E-state index contributed by atoms with van der Waals surface area (Å²) in [6, 6.07) is 1.56. The van der Waals surface area contributed by atoms with Crippen molar-refractivity contribution in [1.82, 2.24) is 10.2 Å². The number of hydrogen-bond acceptors (Lipinski definition) is 2. The number of nitrogens with zero attached hydrogens (tertiary/aromatic N) is 1. The number of rotatable bonds is 10. The molecule has 1 aliphatic rings. The molecule has 1 saturated carbocycles. The van der Waals surface area contributed by atoms with Crippen LogP contribution in [0.5, 0.6) is 0 Å². The quantitative estimate of drug-likeness (QED) is 0.643. The Morgan fingerprint density at radius 1 is 1.05 bits per heavy atom. The molecule has 0 aromatic heterocycles. The second kappa shape index (κ2) is 9.77. The fourth-order valence-electron chi connectivity index (χ4n) is 3.02. The molecule has 1 aliphatic carbocycles. The summed E-state index contributed by atoms with van der Waals surface area (Å²) >= 11 is 0. The fourth-order valence-corrected chi connectivity index (χ4v) is 3.02. The largest absolute Gasteiger partial charge is 0.314 e. The van der Waals surface area contributed by atoms with Crippen molar-refractivity contribution in [1.29, 1.82) is 0 Å². The van der Waals surface area contributed by atoms with E-state index in [-0.39, 0.29) is 0 Å². The monoisotopic (exact) mass is 268 g/mol. The average Bonchev–Trinajstić information content (AvgIpc) is 2.89. The first kappa shape index (κ1) is 17.0. The van der Waals surface area contributed by atoms with E-state index in [1.807, 2.05) is 0 Å². The van der Waals surface area contributed by atoms with E-state index in [4.69, 9.17) is 0 Å². The Morgan fingerprint density at radius 2 is 1.68 bits per heavy atom. The van der Waals surface area contributed by atoms with Crippen LogP contribution in [-0.2, 0) is 0 Å². The summed E-state index contributed by atoms with van der Waals surface area (Å²) in [5.41, 5.74) is 0. The molecule has 0 radical (unpaired) electrons. The van der Waals surface area contributed by atoms with Crippen molar-refractivity contribution in [2.24, 2.45) is 5.92 Å². The topological polar surface area (TPSA) is 15.3 Å². The standard InChI is InChI=1S/C17H36N2/c1-5-12-18-16(4)11-14-19(13-10-15(2)3)17-8-6-7-9-17/h15-18H,5-14H2,1-4H3. The Balaban J connectivity index is 2.31. The number of nitrogens with one attached hydrogen (secondary N) is 1. The second-order valence-electron chi connectivity index (χ2n) is 6.80. The lowest BCUT2D eigenvalue weighted by Crippen LogP contribution is -2.38. The zero-order valence-corrected chi connectivity index (χ0v) is 13.8. The van der Waals surface area contributed by atoms with Gasteiger partial charge in [0, 0.05) is 12.1 Å². The highest BCUT2D eigenvalue weighted by molar-refractivity contribution is 4.78. The Morgan fingerprint density at radius 3 is 2.26 bits per heavy atom. The summed E-state index contributed by atoms with van der Waals surface area (Å²) in [6.07, 6.45) is 9.68. The minimum absolute atomic E-state index is 0.669. The molecular formula is C17H36N2. The predicted molar refractivity (Wildman–Crippen MR) is 85.7 cm³/mol. The van der Waals surface area contributed by atoms with Crippen LogP contribution in [0.15, 0.2) is 0 Å². The van der Waals surface area contributed by atoms with Gasteiger partial charge in [-0.25, -0.2) is 0 Å². The molecule has 0 heterocycles. The van der Waals surface area contributed by atoms with Gasteiger partial charge in [-0.15, -0.1) is 0 Å². The van der Waals surface area contributed by atoms with Crippen molar-refractivity contribution in [3.63, 3.8) is 0 Å². The molecule has 1 rings (SSSR count). The van der Waals surface area contributed by atoms with Gasteiger partial charge in [-0.05, 0) is 64.6 Å². The van der Waals surface area contributed by atoms with E-state index in [1.54, 1.807) is 0 Å². The zero-order valence-electron chi connectivity index (χ0n) is 13.8. The molecule has 0 amide bonds. The van der Waals surface area contributed by atoms with Crippen LogP contribution < -0.4 is 5.32 Å². The van der Waals surface area contributed by atoms with Crippen LogP contribution in [0.3, 0.4) is 0 Å². The van der Waals surface area contributed by atoms with Crippen LogP contribution in [-0.4, -0.2) is 36.6 Å². The van der Waals surface area contributed by atoms with Crippen molar-refractivity contribution in [2.75, 3.05) is 19.6 Å². The van der Waals surface area contributed by atoms with E-state index in [2.05, 4.69) is 37.9 Å². The van der Waals surface area contributed by atoms with Gasteiger partial charge in [0.25, 0.3) is 0 Å². The van der Waals surface area contributed by atoms with Gasteiger partial charge < -0.3 is 10.2 Å². The first-order valence-electron chi connectivity index (χ1n) is 8.61. The molecule has 0 spiro atoms. The highest BCUT2D eigenvalue weighted by Gasteiger charge is 2.22. The molecule has 2 nitrogen and oxygen atoms in total. The molecule has 19 heavy (non-hydrogen) atoms. The van der Waals surface area contributed by atoms with E-state index in [0.717, 1.165) is 18.5 Å². The second-order valence-corrected chi connectivity index (χ2v) is 6.80. The smallest absolute Gasteiger partial charge is 0.00952 e. The first-order valence-corrected chi connectivity index (χ1v) is 8.61. The maximum Gasteiger partial charge on any atom is 0.00952 e. The van der Waals surface area contributed by atoms with Gasteiger partial charge in [-0.3, -0.25) is 0 Å². The summed E-state index contributed by atoms with van der Waals surface area (Å²) in [5.74, 6) is 0.833. The Hall–Kier alpha value is -0.0800. The van der Waals surface area contributed by atoms with Crippen LogP contribution in [0.4, 0.5) is 0 Å². The van der Waals surface area contributed by atoms with E-state index < -0.39 is 0 Å². The molecule has 1 N–H and O–H groups in total. The summed E-state index contributed by atoms with van der Waals surface area (Å²) < 4.78 is 0. The van der Waals surface area contributed by atoms with Gasteiger partial charge in [-0.2, -0.15) is 0 Å². The van der Waals surface area contributed by atoms with Crippen molar-refractivity contribution in [3.05, 3.63) is 0 Å². The van der Waals surface area contributed by atoms with Crippen molar-refractivity contribution < 1.29 is 0 Å². The van der Waals surface area contributed by atoms with Crippen molar-refractivity contribution >= 4 is 0 Å². The normalized spacial score (nSPS) is 18.6. The van der Waals surface area contributed by atoms with Gasteiger partial charge in [0.1, 0.15) is 0 Å². The highest BCUT2D eigenvalue weighted by Crippen LogP contribution is 2.24. The summed E-state index contributed by atoms with van der Waals surface area (Å²) in [5, 5.41) is 3.62. The van der Waals surface area contributed by atoms with Crippen LogP contribution in [0.2, 0.25) is 0 Å². The number of hydrogen-bond donors (Lipinski definition) is 1. The van der Waals surface area contributed by atoms with E-state index in [0.29, 0.717) is 6.04 Å². The molecule has 0 aromatic carbocycles. The molecule has 1 fully saturated rings. The molecule has 0 saturated heterocycles. The molecule has 0 aromatic rings. The predicted octanol–water partition coefficient (Wildman–Crippen LogP) is 4.06. The minimum atomic E-state index is 0.669. The third kappa shape index (κ3) is 7.31. The Bertz CT molecular complexity index is 209. The minimum Gasteiger partial charge on any atom is -0.314 e. The van der Waals surface area contributed by atoms with Crippen LogP contribution in [0.25, 0.3) is 0 Å². The molecule has 114 valence electrons. The fraction of sp³-hybridized carbons (Fsp3) is 1.00. The summed E-state index contributed by atoms with van der Waals surface area (Å²) in [6.45, 7) is 13.0. The van der Waals surface area contributed by atoms with Crippen LogP contribution >= 0.6 is 0 Å². The van der Waals surface area contributed by atoms with Gasteiger partial charge in [0.2, 0.25) is 0 Å². The van der Waals surface area contributed by atoms with Crippen molar-refractivity contribution in [3.8, 4) is 0 Å². The van der Waals surface area contributed by atoms with Crippen LogP contribution in [0.1, 0.15) is 72.6 Å². The maximum absolute atomic E-state index is 3.62. The third-order valence-corrected chi connectivity index (χ3v) is 4.43. The first-order chi connectivity index (χ1) is 9.13. The molecule has 1 atom stereocenters. The lowest BCUT2D eigenvalue weighted by Gasteiger charge is -2.30.